The molecule has 0 aromatic heterocycles. The van der Waals surface area contributed by atoms with Crippen molar-refractivity contribution in [3.05, 3.63) is 40.7 Å². The van der Waals surface area contributed by atoms with Crippen LogP contribution in [0.15, 0.2) is 40.2 Å². The minimum absolute atomic E-state index is 0.00172. The number of nitrogens with one attached hydrogen (secondary N) is 1. The van der Waals surface area contributed by atoms with Crippen molar-refractivity contribution in [2.24, 2.45) is 16.3 Å². The van der Waals surface area contributed by atoms with Gasteiger partial charge in [-0.1, -0.05) is 42.3 Å². The standard InChI is InChI=1S/C19H30ClFN4/c1-7-14(4)18(22-19-12-16(20)8-9-17(19)21)10-11-25(6)24-23-15(5)13(2)3/h7-9,12-13,15,18,22H,10-11H2,1-6H3/b14-7+,24-23?/t15-,18?/m0/s1. The van der Waals surface area contributed by atoms with Crippen molar-refractivity contribution in [2.45, 2.75) is 53.1 Å². The molecule has 0 aliphatic heterocycles. The fourth-order valence-electron chi connectivity index (χ4n) is 2.07. The molecule has 0 aliphatic rings. The summed E-state index contributed by atoms with van der Waals surface area (Å²) in [6.07, 6.45) is 2.80. The number of halogens is 2. The Morgan fingerprint density at radius 1 is 1.36 bits per heavy atom. The summed E-state index contributed by atoms with van der Waals surface area (Å²) in [4.78, 5) is 0. The largest absolute Gasteiger partial charge is 0.376 e. The molecule has 0 heterocycles. The van der Waals surface area contributed by atoms with Gasteiger partial charge < -0.3 is 5.32 Å². The van der Waals surface area contributed by atoms with Gasteiger partial charge in [0.1, 0.15) is 5.82 Å². The average Bonchev–Trinajstić information content (AvgIpc) is 2.58. The third-order valence-corrected chi connectivity index (χ3v) is 4.59. The Balaban J connectivity index is 2.73. The number of anilines is 1. The molecule has 0 spiro atoms. The second-order valence-corrected chi connectivity index (χ2v) is 7.15. The van der Waals surface area contributed by atoms with Crippen LogP contribution in [0.1, 0.15) is 41.0 Å². The van der Waals surface area contributed by atoms with Gasteiger partial charge in [-0.2, -0.15) is 5.11 Å². The second kappa shape index (κ2) is 10.4. The Bertz CT molecular complexity index is 601. The fraction of sp³-hybridized carbons (Fsp3) is 0.579. The lowest BCUT2D eigenvalue weighted by molar-refractivity contribution is 0.304. The van der Waals surface area contributed by atoms with Gasteiger partial charge in [0.05, 0.1) is 11.7 Å². The van der Waals surface area contributed by atoms with Crippen LogP contribution >= 0.6 is 11.6 Å². The topological polar surface area (TPSA) is 40.0 Å². The Morgan fingerprint density at radius 3 is 2.64 bits per heavy atom. The Hall–Kier alpha value is -1.62. The average molecular weight is 369 g/mol. The van der Waals surface area contributed by atoms with Crippen LogP contribution in [0.5, 0.6) is 0 Å². The summed E-state index contributed by atoms with van der Waals surface area (Å²) in [6, 6.07) is 4.72. The Morgan fingerprint density at radius 2 is 2.04 bits per heavy atom. The van der Waals surface area contributed by atoms with E-state index < -0.39 is 0 Å². The Kier molecular flexibility index (Phi) is 8.90. The van der Waals surface area contributed by atoms with Crippen molar-refractivity contribution in [1.82, 2.24) is 5.01 Å². The van der Waals surface area contributed by atoms with Crippen molar-refractivity contribution >= 4 is 17.3 Å². The molecule has 1 unspecified atom stereocenters. The molecule has 1 aromatic carbocycles. The summed E-state index contributed by atoms with van der Waals surface area (Å²) in [5, 5.41) is 14.2. The molecule has 4 nitrogen and oxygen atoms in total. The van der Waals surface area contributed by atoms with Crippen LogP contribution in [0.2, 0.25) is 5.02 Å². The SMILES string of the molecule is C/C=C(\C)C(CCN(C)N=N[C@@H](C)C(C)C)Nc1cc(Cl)ccc1F. The van der Waals surface area contributed by atoms with E-state index in [9.17, 15) is 4.39 Å². The van der Waals surface area contributed by atoms with Crippen LogP contribution in [0, 0.1) is 11.7 Å². The van der Waals surface area contributed by atoms with Crippen LogP contribution < -0.4 is 5.32 Å². The number of benzene rings is 1. The zero-order chi connectivity index (χ0) is 19.0. The number of hydrogen-bond acceptors (Lipinski definition) is 3. The lowest BCUT2D eigenvalue weighted by Crippen LogP contribution is -2.27. The maximum absolute atomic E-state index is 14.0. The number of allylic oxidation sites excluding steroid dienone is 1. The molecule has 140 valence electrons. The molecule has 6 heteroatoms. The maximum atomic E-state index is 14.0. The third-order valence-electron chi connectivity index (χ3n) is 4.36. The normalized spacial score (nSPS) is 14.8. The lowest BCUT2D eigenvalue weighted by atomic mass is 10.0. The molecule has 1 rings (SSSR count). The molecule has 1 aromatic rings. The summed E-state index contributed by atoms with van der Waals surface area (Å²) in [6.45, 7) is 11.0. The number of rotatable bonds is 9. The summed E-state index contributed by atoms with van der Waals surface area (Å²) in [7, 11) is 1.90. The first-order chi connectivity index (χ1) is 11.7. The first-order valence-electron chi connectivity index (χ1n) is 8.70. The van der Waals surface area contributed by atoms with Crippen LogP contribution in [0.3, 0.4) is 0 Å². The summed E-state index contributed by atoms with van der Waals surface area (Å²) in [5.41, 5.74) is 1.55. The first-order valence-corrected chi connectivity index (χ1v) is 9.08. The summed E-state index contributed by atoms with van der Waals surface area (Å²) in [5.74, 6) is 0.153. The highest BCUT2D eigenvalue weighted by Gasteiger charge is 2.14. The molecule has 0 saturated heterocycles. The van der Waals surface area contributed by atoms with Gasteiger partial charge in [0, 0.05) is 24.7 Å². The highest BCUT2D eigenvalue weighted by molar-refractivity contribution is 6.30. The van der Waals surface area contributed by atoms with E-state index in [1.54, 1.807) is 12.1 Å². The van der Waals surface area contributed by atoms with Crippen molar-refractivity contribution in [2.75, 3.05) is 18.9 Å². The highest BCUT2D eigenvalue weighted by Crippen LogP contribution is 2.23. The zero-order valence-electron chi connectivity index (χ0n) is 16.1. The molecule has 0 amide bonds. The highest BCUT2D eigenvalue weighted by atomic mass is 35.5. The van der Waals surface area contributed by atoms with E-state index in [1.165, 1.54) is 6.07 Å². The van der Waals surface area contributed by atoms with Crippen molar-refractivity contribution in [3.8, 4) is 0 Å². The zero-order valence-corrected chi connectivity index (χ0v) is 16.8. The van der Waals surface area contributed by atoms with Gasteiger partial charge in [0.2, 0.25) is 0 Å². The monoisotopic (exact) mass is 368 g/mol. The van der Waals surface area contributed by atoms with E-state index in [-0.39, 0.29) is 17.9 Å². The van der Waals surface area contributed by atoms with Gasteiger partial charge in [-0.25, -0.2) is 4.39 Å². The first kappa shape index (κ1) is 21.4. The van der Waals surface area contributed by atoms with Crippen LogP contribution in [-0.4, -0.2) is 30.7 Å². The molecule has 25 heavy (non-hydrogen) atoms. The third kappa shape index (κ3) is 7.43. The van der Waals surface area contributed by atoms with Gasteiger partial charge in [0.15, 0.2) is 0 Å². The second-order valence-electron chi connectivity index (χ2n) is 6.71. The van der Waals surface area contributed by atoms with Gasteiger partial charge in [-0.3, -0.25) is 5.01 Å². The van der Waals surface area contributed by atoms with Gasteiger partial charge >= 0.3 is 0 Å². The van der Waals surface area contributed by atoms with Crippen molar-refractivity contribution < 1.29 is 4.39 Å². The Labute approximate surface area is 156 Å². The van der Waals surface area contributed by atoms with Crippen molar-refractivity contribution in [3.63, 3.8) is 0 Å². The van der Waals surface area contributed by atoms with Crippen molar-refractivity contribution in [1.29, 1.82) is 0 Å². The number of nitrogens with zero attached hydrogens (tertiary/aromatic N) is 3. The lowest BCUT2D eigenvalue weighted by Gasteiger charge is -2.23. The van der Waals surface area contributed by atoms with Crippen LogP contribution in [0.25, 0.3) is 0 Å². The van der Waals surface area contributed by atoms with E-state index >= 15 is 0 Å². The smallest absolute Gasteiger partial charge is 0.146 e. The molecule has 0 aliphatic carbocycles. The molecule has 0 fully saturated rings. The summed E-state index contributed by atoms with van der Waals surface area (Å²) < 4.78 is 14.0. The minimum atomic E-state index is -0.308. The molecule has 0 bridgehead atoms. The van der Waals surface area contributed by atoms with E-state index in [0.717, 1.165) is 12.0 Å². The molecule has 0 radical (unpaired) electrons. The van der Waals surface area contributed by atoms with Gasteiger partial charge in [-0.05, 0) is 51.3 Å². The van der Waals surface area contributed by atoms with Crippen LogP contribution in [0.4, 0.5) is 10.1 Å². The molecular formula is C19H30ClFN4. The fourth-order valence-corrected chi connectivity index (χ4v) is 2.25. The van der Waals surface area contributed by atoms with E-state index in [4.69, 9.17) is 11.6 Å². The quantitative estimate of drug-likeness (QED) is 0.332. The minimum Gasteiger partial charge on any atom is -0.376 e. The predicted molar refractivity (Wildman–Crippen MR) is 105 cm³/mol. The predicted octanol–water partition coefficient (Wildman–Crippen LogP) is 5.96. The van der Waals surface area contributed by atoms with Gasteiger partial charge in [-0.15, -0.1) is 0 Å². The molecule has 1 N–H and O–H groups in total. The molecular weight excluding hydrogens is 339 g/mol. The number of hydrogen-bond donors (Lipinski definition) is 1. The molecule has 2 atom stereocenters. The van der Waals surface area contributed by atoms with E-state index in [0.29, 0.717) is 23.2 Å². The van der Waals surface area contributed by atoms with E-state index in [2.05, 4.69) is 36.4 Å². The maximum Gasteiger partial charge on any atom is 0.146 e. The molecule has 0 saturated carbocycles. The van der Waals surface area contributed by atoms with E-state index in [1.807, 2.05) is 32.0 Å². The van der Waals surface area contributed by atoms with Gasteiger partial charge in [0.25, 0.3) is 0 Å². The summed E-state index contributed by atoms with van der Waals surface area (Å²) >= 11 is 5.98. The van der Waals surface area contributed by atoms with Crippen LogP contribution in [-0.2, 0) is 0 Å².